The van der Waals surface area contributed by atoms with Crippen molar-refractivity contribution in [3.05, 3.63) is 57.8 Å². The van der Waals surface area contributed by atoms with E-state index in [1.165, 1.54) is 0 Å². The smallest absolute Gasteiger partial charge is 0.129 e. The summed E-state index contributed by atoms with van der Waals surface area (Å²) in [7, 11) is 0. The number of nitrogens with zero attached hydrogens (tertiary/aromatic N) is 1. The van der Waals surface area contributed by atoms with Gasteiger partial charge in [0.1, 0.15) is 11.9 Å². The molecule has 2 aromatic rings. The lowest BCUT2D eigenvalue weighted by molar-refractivity contribution is 0.143. The second kappa shape index (κ2) is 6.86. The first-order chi connectivity index (χ1) is 10.6. The van der Waals surface area contributed by atoms with Crippen LogP contribution in [0.15, 0.2) is 36.7 Å². The zero-order valence-corrected chi connectivity index (χ0v) is 13.9. The molecule has 0 spiro atoms. The molecule has 5 heteroatoms. The molecule has 1 fully saturated rings. The number of hydrogen-bond acceptors (Lipinski definition) is 3. The minimum atomic E-state index is -0.0684. The minimum absolute atomic E-state index is 0.0684. The number of nitrogens with one attached hydrogen (secondary N) is 1. The van der Waals surface area contributed by atoms with Crippen LogP contribution in [0, 0.1) is 12.8 Å². The lowest BCUT2D eigenvalue weighted by Crippen LogP contribution is -2.21. The highest BCUT2D eigenvalue weighted by molar-refractivity contribution is 6.30. The lowest BCUT2D eigenvalue weighted by atomic mass is 9.95. The molecule has 2 unspecified atom stereocenters. The third kappa shape index (κ3) is 3.54. The van der Waals surface area contributed by atoms with Gasteiger partial charge in [0.15, 0.2) is 0 Å². The summed E-state index contributed by atoms with van der Waals surface area (Å²) in [6.07, 6.45) is 4.48. The molecular formula is C17H18Cl2N2O. The summed E-state index contributed by atoms with van der Waals surface area (Å²) in [6, 6.07) is 7.62. The van der Waals surface area contributed by atoms with E-state index in [4.69, 9.17) is 27.9 Å². The van der Waals surface area contributed by atoms with E-state index in [9.17, 15) is 0 Å². The molecule has 0 saturated carbocycles. The highest BCUT2D eigenvalue weighted by Crippen LogP contribution is 2.34. The van der Waals surface area contributed by atoms with Crippen LogP contribution in [0.25, 0.3) is 0 Å². The third-order valence-electron chi connectivity index (χ3n) is 3.97. The lowest BCUT2D eigenvalue weighted by Gasteiger charge is -2.25. The Hall–Kier alpha value is -1.29. The Morgan fingerprint density at radius 3 is 2.77 bits per heavy atom. The van der Waals surface area contributed by atoms with Gasteiger partial charge in [-0.05, 0) is 49.7 Å². The number of hydrogen-bond donors (Lipinski definition) is 1. The first-order valence-electron chi connectivity index (χ1n) is 7.37. The van der Waals surface area contributed by atoms with Gasteiger partial charge in [-0.3, -0.25) is 4.98 Å². The number of aryl methyl sites for hydroxylation is 1. The van der Waals surface area contributed by atoms with Gasteiger partial charge in [-0.15, -0.1) is 0 Å². The molecule has 1 saturated heterocycles. The molecule has 1 aromatic carbocycles. The molecular weight excluding hydrogens is 319 g/mol. The molecule has 2 heterocycles. The van der Waals surface area contributed by atoms with E-state index in [1.54, 1.807) is 6.20 Å². The fourth-order valence-electron chi connectivity index (χ4n) is 2.84. The first kappa shape index (κ1) is 15.6. The number of ether oxygens (including phenoxy) is 1. The van der Waals surface area contributed by atoms with Crippen molar-refractivity contribution < 1.29 is 4.74 Å². The predicted molar refractivity (Wildman–Crippen MR) is 89.8 cm³/mol. The summed E-state index contributed by atoms with van der Waals surface area (Å²) < 4.78 is 6.33. The van der Waals surface area contributed by atoms with Gasteiger partial charge >= 0.3 is 0 Å². The molecule has 0 amide bonds. The van der Waals surface area contributed by atoms with E-state index in [2.05, 4.69) is 10.3 Å². The molecule has 3 nitrogen and oxygen atoms in total. The Kier molecular flexibility index (Phi) is 4.87. The molecule has 22 heavy (non-hydrogen) atoms. The summed E-state index contributed by atoms with van der Waals surface area (Å²) in [5.41, 5.74) is 2.04. The Bertz CT molecular complexity index is 657. The summed E-state index contributed by atoms with van der Waals surface area (Å²) in [6.45, 7) is 3.95. The molecule has 3 rings (SSSR count). The number of benzene rings is 1. The molecule has 1 aromatic heterocycles. The molecule has 116 valence electrons. The average molecular weight is 337 g/mol. The summed E-state index contributed by atoms with van der Waals surface area (Å²) in [5.74, 6) is 1.25. The van der Waals surface area contributed by atoms with Crippen molar-refractivity contribution in [1.82, 2.24) is 10.3 Å². The van der Waals surface area contributed by atoms with Gasteiger partial charge in [0.2, 0.25) is 0 Å². The molecule has 2 atom stereocenters. The topological polar surface area (TPSA) is 34.1 Å². The maximum atomic E-state index is 6.33. The number of rotatable bonds is 4. The average Bonchev–Trinajstić information content (AvgIpc) is 3.00. The number of halogens is 2. The van der Waals surface area contributed by atoms with Gasteiger partial charge in [-0.25, -0.2) is 0 Å². The van der Waals surface area contributed by atoms with Crippen molar-refractivity contribution in [3.8, 4) is 5.75 Å². The number of pyridine rings is 1. The number of aromatic nitrogens is 1. The summed E-state index contributed by atoms with van der Waals surface area (Å²) in [5, 5.41) is 4.74. The van der Waals surface area contributed by atoms with Gasteiger partial charge in [0, 0.05) is 35.4 Å². The zero-order chi connectivity index (χ0) is 15.5. The van der Waals surface area contributed by atoms with Crippen molar-refractivity contribution in [2.24, 2.45) is 5.92 Å². The van der Waals surface area contributed by atoms with E-state index in [0.717, 1.165) is 36.4 Å². The van der Waals surface area contributed by atoms with E-state index < -0.39 is 0 Å². The van der Waals surface area contributed by atoms with Crippen LogP contribution in [0.4, 0.5) is 0 Å². The van der Waals surface area contributed by atoms with Crippen LogP contribution in [-0.2, 0) is 0 Å². The van der Waals surface area contributed by atoms with E-state index >= 15 is 0 Å². The molecule has 1 aliphatic heterocycles. The second-order valence-electron chi connectivity index (χ2n) is 5.64. The molecule has 1 N–H and O–H groups in total. The Morgan fingerprint density at radius 1 is 1.23 bits per heavy atom. The zero-order valence-electron chi connectivity index (χ0n) is 12.4. The second-order valence-corrected chi connectivity index (χ2v) is 6.51. The highest BCUT2D eigenvalue weighted by Gasteiger charge is 2.29. The van der Waals surface area contributed by atoms with Crippen LogP contribution in [0.3, 0.4) is 0 Å². The van der Waals surface area contributed by atoms with Gasteiger partial charge in [-0.2, -0.15) is 0 Å². The Labute approximate surface area is 140 Å². The van der Waals surface area contributed by atoms with Crippen LogP contribution in [0.2, 0.25) is 10.0 Å². The van der Waals surface area contributed by atoms with E-state index in [1.807, 2.05) is 37.4 Å². The van der Waals surface area contributed by atoms with Gasteiger partial charge in [-0.1, -0.05) is 23.2 Å². The van der Waals surface area contributed by atoms with Crippen molar-refractivity contribution in [2.45, 2.75) is 19.4 Å². The summed E-state index contributed by atoms with van der Waals surface area (Å²) in [4.78, 5) is 4.20. The largest absolute Gasteiger partial charge is 0.485 e. The Morgan fingerprint density at radius 2 is 2.09 bits per heavy atom. The summed E-state index contributed by atoms with van der Waals surface area (Å²) >= 11 is 12.1. The standard InChI is InChI=1S/C17H18Cl2N2O/c1-11-6-14(18)2-3-16(11)22-17(12-4-5-20-8-12)13-7-15(19)10-21-9-13/h2-3,6-7,9-10,12,17,20H,4-5,8H2,1H3. The van der Waals surface area contributed by atoms with E-state index in [0.29, 0.717) is 16.0 Å². The van der Waals surface area contributed by atoms with Crippen LogP contribution in [0.5, 0.6) is 5.75 Å². The van der Waals surface area contributed by atoms with E-state index in [-0.39, 0.29) is 6.10 Å². The van der Waals surface area contributed by atoms with Crippen LogP contribution >= 0.6 is 23.2 Å². The van der Waals surface area contributed by atoms with Crippen molar-refractivity contribution >= 4 is 23.2 Å². The van der Waals surface area contributed by atoms with Crippen molar-refractivity contribution in [1.29, 1.82) is 0 Å². The highest BCUT2D eigenvalue weighted by atomic mass is 35.5. The fraction of sp³-hybridized carbons (Fsp3) is 0.353. The predicted octanol–water partition coefficient (Wildman–Crippen LogP) is 4.43. The maximum absolute atomic E-state index is 6.33. The molecule has 0 aliphatic carbocycles. The van der Waals surface area contributed by atoms with Crippen molar-refractivity contribution in [3.63, 3.8) is 0 Å². The SMILES string of the molecule is Cc1cc(Cl)ccc1OC(c1cncc(Cl)c1)C1CCNC1. The van der Waals surface area contributed by atoms with Crippen molar-refractivity contribution in [2.75, 3.05) is 13.1 Å². The molecule has 0 radical (unpaired) electrons. The maximum Gasteiger partial charge on any atom is 0.129 e. The normalized spacial score (nSPS) is 19.1. The Balaban J connectivity index is 1.91. The quantitative estimate of drug-likeness (QED) is 0.896. The van der Waals surface area contributed by atoms with Gasteiger partial charge < -0.3 is 10.1 Å². The molecule has 1 aliphatic rings. The molecule has 0 bridgehead atoms. The first-order valence-corrected chi connectivity index (χ1v) is 8.13. The minimum Gasteiger partial charge on any atom is -0.485 e. The third-order valence-corrected chi connectivity index (χ3v) is 4.41. The monoisotopic (exact) mass is 336 g/mol. The van der Waals surface area contributed by atoms with Gasteiger partial charge in [0.05, 0.1) is 5.02 Å². The van der Waals surface area contributed by atoms with Crippen LogP contribution in [-0.4, -0.2) is 18.1 Å². The van der Waals surface area contributed by atoms with Crippen LogP contribution < -0.4 is 10.1 Å². The van der Waals surface area contributed by atoms with Crippen LogP contribution in [0.1, 0.15) is 23.7 Å². The fourth-order valence-corrected chi connectivity index (χ4v) is 3.25. The van der Waals surface area contributed by atoms with Gasteiger partial charge in [0.25, 0.3) is 0 Å².